The van der Waals surface area contributed by atoms with Crippen LogP contribution in [0.1, 0.15) is 24.1 Å². The van der Waals surface area contributed by atoms with Crippen LogP contribution in [0.25, 0.3) is 10.4 Å². The van der Waals surface area contributed by atoms with Crippen molar-refractivity contribution < 1.29 is 9.53 Å². The minimum atomic E-state index is -0.596. The summed E-state index contributed by atoms with van der Waals surface area (Å²) in [5.41, 5.74) is 9.94. The number of hydrogen-bond donors (Lipinski definition) is 1. The van der Waals surface area contributed by atoms with Crippen LogP contribution in [-0.4, -0.2) is 25.7 Å². The minimum absolute atomic E-state index is 0.263. The van der Waals surface area contributed by atoms with Gasteiger partial charge in [0.15, 0.2) is 0 Å². The summed E-state index contributed by atoms with van der Waals surface area (Å²) in [5.74, 6) is -0.362. The van der Waals surface area contributed by atoms with Gasteiger partial charge in [-0.25, -0.2) is 4.79 Å². The van der Waals surface area contributed by atoms with Crippen molar-refractivity contribution in [2.45, 2.75) is 19.9 Å². The van der Waals surface area contributed by atoms with Gasteiger partial charge in [0.05, 0.1) is 6.61 Å². The Labute approximate surface area is 122 Å². The fraction of sp³-hybridized carbons (Fsp3) is 0.462. The lowest BCUT2D eigenvalue weighted by atomic mass is 10.0. The molecule has 1 rings (SSSR count). The van der Waals surface area contributed by atoms with Crippen LogP contribution in [0, 0.1) is 6.92 Å². The van der Waals surface area contributed by atoms with Crippen LogP contribution in [0.3, 0.4) is 0 Å². The third-order valence-electron chi connectivity index (χ3n) is 2.69. The van der Waals surface area contributed by atoms with Gasteiger partial charge in [0.2, 0.25) is 0 Å². The van der Waals surface area contributed by atoms with E-state index in [0.717, 1.165) is 11.1 Å². The molecule has 0 aliphatic rings. The van der Waals surface area contributed by atoms with Gasteiger partial charge in [-0.3, -0.25) is 0 Å². The lowest BCUT2D eigenvalue weighted by molar-refractivity contribution is -0.145. The van der Waals surface area contributed by atoms with Crippen molar-refractivity contribution in [2.75, 3.05) is 19.7 Å². The number of hydrogen-bond acceptors (Lipinski definition) is 4. The van der Waals surface area contributed by atoms with Crippen molar-refractivity contribution >= 4 is 17.6 Å². The van der Waals surface area contributed by atoms with Gasteiger partial charge in [-0.1, -0.05) is 22.8 Å². The van der Waals surface area contributed by atoms with E-state index < -0.39 is 6.04 Å². The zero-order valence-corrected chi connectivity index (χ0v) is 12.2. The van der Waals surface area contributed by atoms with Crippen LogP contribution in [0.15, 0.2) is 23.3 Å². The smallest absolute Gasteiger partial charge is 0.327 e. The van der Waals surface area contributed by atoms with Gasteiger partial charge in [0.25, 0.3) is 0 Å². The number of carbonyl (C=O) groups excluding carboxylic acids is 1. The molecule has 0 saturated heterocycles. The molecule has 0 bridgehead atoms. The van der Waals surface area contributed by atoms with Crippen LogP contribution >= 0.6 is 11.6 Å². The van der Waals surface area contributed by atoms with Crippen LogP contribution < -0.4 is 5.32 Å². The molecule has 0 saturated carbocycles. The maximum absolute atomic E-state index is 12.0. The predicted molar refractivity (Wildman–Crippen MR) is 77.6 cm³/mol. The van der Waals surface area contributed by atoms with Crippen molar-refractivity contribution in [3.8, 4) is 0 Å². The largest absolute Gasteiger partial charge is 0.465 e. The standard InChI is InChI=1S/C13H17ClN4O2/c1-3-20-13(19)12(16-6-7-17-18-15)11-5-4-10(14)8-9(11)2/h4-5,8,12,16H,3,6-7H2,1-2H3. The first kappa shape index (κ1) is 16.3. The Kier molecular flexibility index (Phi) is 6.87. The number of rotatable bonds is 7. The van der Waals surface area contributed by atoms with Gasteiger partial charge in [-0.2, -0.15) is 0 Å². The molecule has 1 unspecified atom stereocenters. The number of carbonyl (C=O) groups is 1. The molecule has 0 radical (unpaired) electrons. The van der Waals surface area contributed by atoms with E-state index >= 15 is 0 Å². The molecular formula is C13H17ClN4O2. The lowest BCUT2D eigenvalue weighted by Crippen LogP contribution is -2.32. The van der Waals surface area contributed by atoms with Crippen LogP contribution in [0.4, 0.5) is 0 Å². The summed E-state index contributed by atoms with van der Waals surface area (Å²) in [6.45, 7) is 4.58. The molecule has 0 spiro atoms. The average molecular weight is 297 g/mol. The SMILES string of the molecule is CCOC(=O)C(NCCN=[N+]=[N-])c1ccc(Cl)cc1C. The predicted octanol–water partition coefficient (Wildman–Crippen LogP) is 3.15. The average Bonchev–Trinajstić information content (AvgIpc) is 2.40. The molecule has 7 heteroatoms. The number of nitrogens with zero attached hydrogens (tertiary/aromatic N) is 3. The third-order valence-corrected chi connectivity index (χ3v) is 2.92. The van der Waals surface area contributed by atoms with Gasteiger partial charge in [0, 0.05) is 23.0 Å². The molecule has 0 aliphatic carbocycles. The number of halogens is 1. The summed E-state index contributed by atoms with van der Waals surface area (Å²) in [4.78, 5) is 14.7. The van der Waals surface area contributed by atoms with Crippen molar-refractivity contribution in [1.82, 2.24) is 5.32 Å². The Balaban J connectivity index is 2.90. The van der Waals surface area contributed by atoms with E-state index in [9.17, 15) is 4.79 Å². The second-order valence-corrected chi connectivity index (χ2v) is 4.53. The number of esters is 1. The Morgan fingerprint density at radius 2 is 2.35 bits per heavy atom. The zero-order valence-electron chi connectivity index (χ0n) is 11.5. The second kappa shape index (κ2) is 8.43. The summed E-state index contributed by atoms with van der Waals surface area (Å²) < 4.78 is 5.06. The number of aryl methyl sites for hydroxylation is 1. The van der Waals surface area contributed by atoms with E-state index in [-0.39, 0.29) is 12.5 Å². The maximum Gasteiger partial charge on any atom is 0.327 e. The summed E-state index contributed by atoms with van der Waals surface area (Å²) >= 11 is 5.92. The fourth-order valence-electron chi connectivity index (χ4n) is 1.81. The first-order valence-electron chi connectivity index (χ1n) is 6.27. The number of benzene rings is 1. The molecule has 1 aromatic rings. The van der Waals surface area contributed by atoms with Crippen LogP contribution in [0.5, 0.6) is 0 Å². The fourth-order valence-corrected chi connectivity index (χ4v) is 2.04. The molecule has 0 aliphatic heterocycles. The molecule has 20 heavy (non-hydrogen) atoms. The molecule has 1 N–H and O–H groups in total. The van der Waals surface area contributed by atoms with Gasteiger partial charge in [-0.05, 0) is 42.6 Å². The van der Waals surface area contributed by atoms with E-state index in [1.165, 1.54) is 0 Å². The normalized spacial score (nSPS) is 11.6. The highest BCUT2D eigenvalue weighted by molar-refractivity contribution is 6.30. The lowest BCUT2D eigenvalue weighted by Gasteiger charge is -2.19. The van der Waals surface area contributed by atoms with Gasteiger partial charge in [-0.15, -0.1) is 0 Å². The van der Waals surface area contributed by atoms with E-state index in [1.54, 1.807) is 25.1 Å². The second-order valence-electron chi connectivity index (χ2n) is 4.09. The first-order chi connectivity index (χ1) is 9.60. The molecule has 108 valence electrons. The molecule has 0 aromatic heterocycles. The van der Waals surface area contributed by atoms with Crippen LogP contribution in [-0.2, 0) is 9.53 Å². The Bertz CT molecular complexity index is 515. The molecular weight excluding hydrogens is 280 g/mol. The highest BCUT2D eigenvalue weighted by Gasteiger charge is 2.22. The van der Waals surface area contributed by atoms with E-state index in [2.05, 4.69) is 15.3 Å². The van der Waals surface area contributed by atoms with Crippen molar-refractivity contribution in [3.63, 3.8) is 0 Å². The van der Waals surface area contributed by atoms with Gasteiger partial charge >= 0.3 is 5.97 Å². The van der Waals surface area contributed by atoms with Gasteiger partial charge < -0.3 is 10.1 Å². The zero-order chi connectivity index (χ0) is 15.0. The summed E-state index contributed by atoms with van der Waals surface area (Å²) in [6, 6.07) is 4.71. The first-order valence-corrected chi connectivity index (χ1v) is 6.64. The monoisotopic (exact) mass is 296 g/mol. The number of azide groups is 1. The number of ether oxygens (including phenoxy) is 1. The highest BCUT2D eigenvalue weighted by Crippen LogP contribution is 2.22. The topological polar surface area (TPSA) is 87.1 Å². The summed E-state index contributed by atoms with van der Waals surface area (Å²) in [7, 11) is 0. The van der Waals surface area contributed by atoms with E-state index in [4.69, 9.17) is 21.9 Å². The van der Waals surface area contributed by atoms with Gasteiger partial charge in [0.1, 0.15) is 6.04 Å². The van der Waals surface area contributed by atoms with E-state index in [0.29, 0.717) is 18.2 Å². The minimum Gasteiger partial charge on any atom is -0.465 e. The highest BCUT2D eigenvalue weighted by atomic mass is 35.5. The molecule has 6 nitrogen and oxygen atoms in total. The number of nitrogens with one attached hydrogen (secondary N) is 1. The van der Waals surface area contributed by atoms with E-state index in [1.807, 2.05) is 6.92 Å². The maximum atomic E-state index is 12.0. The summed E-state index contributed by atoms with van der Waals surface area (Å²) in [6.07, 6.45) is 0. The Hall–Kier alpha value is -1.75. The Morgan fingerprint density at radius 1 is 1.60 bits per heavy atom. The molecule has 0 fully saturated rings. The van der Waals surface area contributed by atoms with Crippen LogP contribution in [0.2, 0.25) is 5.02 Å². The molecule has 0 amide bonds. The molecule has 1 atom stereocenters. The molecule has 0 heterocycles. The summed E-state index contributed by atoms with van der Waals surface area (Å²) in [5, 5.41) is 7.07. The van der Waals surface area contributed by atoms with Crippen molar-refractivity contribution in [1.29, 1.82) is 0 Å². The quantitative estimate of drug-likeness (QED) is 0.276. The Morgan fingerprint density at radius 3 is 2.95 bits per heavy atom. The third kappa shape index (κ3) is 4.74. The van der Waals surface area contributed by atoms with Crippen molar-refractivity contribution in [2.24, 2.45) is 5.11 Å². The molecule has 1 aromatic carbocycles. The van der Waals surface area contributed by atoms with Crippen molar-refractivity contribution in [3.05, 3.63) is 44.8 Å².